The minimum atomic E-state index is -1.16. The van der Waals surface area contributed by atoms with Crippen LogP contribution in [0.2, 0.25) is 0 Å². The topological polar surface area (TPSA) is 113 Å². The minimum absolute atomic E-state index is 0.0860. The number of alkyl halides is 1. The highest BCUT2D eigenvalue weighted by atomic mass is 19.1. The predicted octanol–water partition coefficient (Wildman–Crippen LogP) is 4.17. The first-order chi connectivity index (χ1) is 16.1. The number of esters is 2. The lowest BCUT2D eigenvalue weighted by Gasteiger charge is -2.28. The van der Waals surface area contributed by atoms with E-state index >= 15 is 0 Å². The highest BCUT2D eigenvalue weighted by Gasteiger charge is 2.34. The number of nitrogens with one attached hydrogen (secondary N) is 1. The summed E-state index contributed by atoms with van der Waals surface area (Å²) in [6.07, 6.45) is 0.252. The van der Waals surface area contributed by atoms with Crippen LogP contribution >= 0.6 is 0 Å². The number of amides is 1. The summed E-state index contributed by atoms with van der Waals surface area (Å²) >= 11 is 0. The highest BCUT2D eigenvalue weighted by Crippen LogP contribution is 2.22. The molecule has 9 nitrogen and oxygen atoms in total. The van der Waals surface area contributed by atoms with E-state index in [4.69, 9.17) is 18.9 Å². The maximum absolute atomic E-state index is 13.1. The molecule has 0 fully saturated rings. The Balaban J connectivity index is 3.18. The van der Waals surface area contributed by atoms with E-state index in [1.165, 1.54) is 6.20 Å². The molecule has 0 aliphatic carbocycles. The van der Waals surface area contributed by atoms with Crippen LogP contribution in [0.3, 0.4) is 0 Å². The van der Waals surface area contributed by atoms with Crippen LogP contribution in [-0.2, 0) is 30.2 Å². The summed E-state index contributed by atoms with van der Waals surface area (Å²) in [5, 5.41) is 2.52. The van der Waals surface area contributed by atoms with Gasteiger partial charge in [0.1, 0.15) is 36.3 Å². The van der Waals surface area contributed by atoms with Gasteiger partial charge in [-0.2, -0.15) is 0 Å². The lowest BCUT2D eigenvalue weighted by molar-refractivity contribution is -0.162. The van der Waals surface area contributed by atoms with Crippen LogP contribution in [0.5, 0.6) is 5.75 Å². The monoisotopic (exact) mass is 498 g/mol. The third-order valence-electron chi connectivity index (χ3n) is 4.19. The molecule has 1 aromatic rings. The van der Waals surface area contributed by atoms with Crippen molar-refractivity contribution < 1.29 is 37.7 Å². The first kappa shape index (κ1) is 30.1. The summed E-state index contributed by atoms with van der Waals surface area (Å²) in [5.74, 6) is -1.69. The molecule has 1 N–H and O–H groups in total. The van der Waals surface area contributed by atoms with E-state index in [0.717, 1.165) is 0 Å². The van der Waals surface area contributed by atoms with Crippen LogP contribution in [0.25, 0.3) is 0 Å². The van der Waals surface area contributed by atoms with Crippen LogP contribution < -0.4 is 10.1 Å². The zero-order valence-electron chi connectivity index (χ0n) is 22.0. The average molecular weight is 499 g/mol. The SMILES string of the molecule is CC(C)OC(=O)NC(CC(Cc1ccc(OCCF)cn1)C(=O)OC(C)(C)C)C(=O)OC(C)(C)C. The fourth-order valence-corrected chi connectivity index (χ4v) is 2.94. The Morgan fingerprint density at radius 1 is 1.00 bits per heavy atom. The van der Waals surface area contributed by atoms with E-state index in [-0.39, 0.29) is 19.4 Å². The Bertz CT molecular complexity index is 830. The maximum atomic E-state index is 13.1. The number of aromatic nitrogens is 1. The second-order valence-corrected chi connectivity index (χ2v) is 10.4. The molecule has 0 aliphatic heterocycles. The second-order valence-electron chi connectivity index (χ2n) is 10.4. The van der Waals surface area contributed by atoms with E-state index in [9.17, 15) is 18.8 Å². The number of carbonyl (C=O) groups is 3. The normalized spacial score (nSPS) is 13.5. The van der Waals surface area contributed by atoms with E-state index in [1.54, 1.807) is 67.5 Å². The van der Waals surface area contributed by atoms with Gasteiger partial charge in [0.05, 0.1) is 18.2 Å². The van der Waals surface area contributed by atoms with Crippen molar-refractivity contribution >= 4 is 18.0 Å². The molecule has 1 rings (SSSR count). The smallest absolute Gasteiger partial charge is 0.408 e. The molecule has 0 spiro atoms. The highest BCUT2D eigenvalue weighted by molar-refractivity contribution is 5.83. The Morgan fingerprint density at radius 3 is 2.09 bits per heavy atom. The first-order valence-electron chi connectivity index (χ1n) is 11.7. The number of carbonyl (C=O) groups excluding carboxylic acids is 3. The van der Waals surface area contributed by atoms with Gasteiger partial charge in [0.15, 0.2) is 0 Å². The number of pyridine rings is 1. The standard InChI is InChI=1S/C25H39FN2O7/c1-16(2)33-23(31)28-20(22(30)35-25(6,7)8)14-17(21(29)34-24(3,4)5)13-18-9-10-19(15-27-18)32-12-11-26/h9-10,15-17,20H,11-14H2,1-8H3,(H,28,31). The van der Waals surface area contributed by atoms with Crippen LogP contribution in [0.1, 0.15) is 67.5 Å². The van der Waals surface area contributed by atoms with Crippen LogP contribution in [-0.4, -0.2) is 59.6 Å². The summed E-state index contributed by atoms with van der Waals surface area (Å²) in [7, 11) is 0. The summed E-state index contributed by atoms with van der Waals surface area (Å²) < 4.78 is 33.7. The number of nitrogens with zero attached hydrogens (tertiary/aromatic N) is 1. The number of hydrogen-bond donors (Lipinski definition) is 1. The Morgan fingerprint density at radius 2 is 1.60 bits per heavy atom. The van der Waals surface area contributed by atoms with E-state index in [1.807, 2.05) is 0 Å². The number of halogens is 1. The average Bonchev–Trinajstić information content (AvgIpc) is 2.68. The molecular weight excluding hydrogens is 459 g/mol. The number of alkyl carbamates (subject to hydrolysis) is 1. The molecule has 1 amide bonds. The molecule has 2 unspecified atom stereocenters. The van der Waals surface area contributed by atoms with Crippen LogP contribution in [0.15, 0.2) is 18.3 Å². The van der Waals surface area contributed by atoms with Crippen molar-refractivity contribution in [2.45, 2.75) is 91.6 Å². The largest absolute Gasteiger partial charge is 0.489 e. The molecule has 10 heteroatoms. The van der Waals surface area contributed by atoms with Gasteiger partial charge in [-0.05, 0) is 73.9 Å². The van der Waals surface area contributed by atoms with Crippen LogP contribution in [0.4, 0.5) is 9.18 Å². The van der Waals surface area contributed by atoms with Gasteiger partial charge in [-0.3, -0.25) is 9.78 Å². The Labute approximate surface area is 207 Å². The third-order valence-corrected chi connectivity index (χ3v) is 4.19. The van der Waals surface area contributed by atoms with Crippen molar-refractivity contribution in [2.24, 2.45) is 5.92 Å². The van der Waals surface area contributed by atoms with Crippen molar-refractivity contribution in [2.75, 3.05) is 13.3 Å². The number of rotatable bonds is 11. The maximum Gasteiger partial charge on any atom is 0.408 e. The fraction of sp³-hybridized carbons (Fsp3) is 0.680. The van der Waals surface area contributed by atoms with Crippen molar-refractivity contribution in [1.82, 2.24) is 10.3 Å². The predicted molar refractivity (Wildman–Crippen MR) is 128 cm³/mol. The van der Waals surface area contributed by atoms with E-state index in [2.05, 4.69) is 10.3 Å². The van der Waals surface area contributed by atoms with Crippen molar-refractivity contribution in [3.05, 3.63) is 24.0 Å². The lowest BCUT2D eigenvalue weighted by atomic mass is 9.94. The van der Waals surface area contributed by atoms with Gasteiger partial charge in [-0.1, -0.05) is 0 Å². The van der Waals surface area contributed by atoms with Crippen molar-refractivity contribution in [1.29, 1.82) is 0 Å². The van der Waals surface area contributed by atoms with Gasteiger partial charge in [0.2, 0.25) is 0 Å². The molecule has 0 saturated heterocycles. The quantitative estimate of drug-likeness (QED) is 0.357. The molecule has 0 aromatic carbocycles. The zero-order valence-corrected chi connectivity index (χ0v) is 22.0. The molecule has 0 radical (unpaired) electrons. The van der Waals surface area contributed by atoms with Gasteiger partial charge >= 0.3 is 18.0 Å². The van der Waals surface area contributed by atoms with Gasteiger partial charge in [-0.15, -0.1) is 0 Å². The third kappa shape index (κ3) is 12.9. The first-order valence-corrected chi connectivity index (χ1v) is 11.7. The van der Waals surface area contributed by atoms with Gasteiger partial charge < -0.3 is 24.3 Å². The number of hydrogen-bond acceptors (Lipinski definition) is 8. The van der Waals surface area contributed by atoms with Crippen molar-refractivity contribution in [3.63, 3.8) is 0 Å². The second kappa shape index (κ2) is 13.3. The molecule has 1 aromatic heterocycles. The molecule has 0 bridgehead atoms. The molecule has 1 heterocycles. The van der Waals surface area contributed by atoms with Gasteiger partial charge in [0, 0.05) is 12.1 Å². The fourth-order valence-electron chi connectivity index (χ4n) is 2.94. The van der Waals surface area contributed by atoms with Crippen LogP contribution in [0, 0.1) is 5.92 Å². The molecule has 0 saturated carbocycles. The molecule has 35 heavy (non-hydrogen) atoms. The van der Waals surface area contributed by atoms with E-state index in [0.29, 0.717) is 11.4 Å². The zero-order chi connectivity index (χ0) is 26.8. The van der Waals surface area contributed by atoms with Gasteiger partial charge in [-0.25, -0.2) is 14.0 Å². The lowest BCUT2D eigenvalue weighted by Crippen LogP contribution is -2.47. The summed E-state index contributed by atoms with van der Waals surface area (Å²) in [4.78, 5) is 42.5. The summed E-state index contributed by atoms with van der Waals surface area (Å²) in [5.41, 5.74) is -1.04. The number of ether oxygens (including phenoxy) is 4. The molecule has 2 atom stereocenters. The van der Waals surface area contributed by atoms with Crippen molar-refractivity contribution in [3.8, 4) is 5.75 Å². The molecular formula is C25H39FN2O7. The molecule has 0 aliphatic rings. The Hall–Kier alpha value is -2.91. The molecule has 198 valence electrons. The van der Waals surface area contributed by atoms with Gasteiger partial charge in [0.25, 0.3) is 0 Å². The summed E-state index contributed by atoms with van der Waals surface area (Å²) in [6.45, 7) is 13.0. The minimum Gasteiger partial charge on any atom is -0.489 e. The Kier molecular flexibility index (Phi) is 11.4. The van der Waals surface area contributed by atoms with E-state index < -0.39 is 54.0 Å². The summed E-state index contributed by atoms with van der Waals surface area (Å²) in [6, 6.07) is 2.10.